The van der Waals surface area contributed by atoms with Gasteiger partial charge in [0.25, 0.3) is 0 Å². The lowest BCUT2D eigenvalue weighted by atomic mass is 9.74. The number of rotatable bonds is 5. The molecule has 5 nitrogen and oxygen atoms in total. The molecule has 0 amide bonds. The number of nitrogens with one attached hydrogen (secondary N) is 2. The van der Waals surface area contributed by atoms with Crippen molar-refractivity contribution < 1.29 is 9.47 Å². The number of hydrogen-bond acceptors (Lipinski definition) is 3. The molecule has 176 valence electrons. The van der Waals surface area contributed by atoms with Gasteiger partial charge in [-0.2, -0.15) is 0 Å². The summed E-state index contributed by atoms with van der Waals surface area (Å²) in [6, 6.07) is 8.25. The summed E-state index contributed by atoms with van der Waals surface area (Å²) in [6.07, 6.45) is 4.53. The summed E-state index contributed by atoms with van der Waals surface area (Å²) in [5.41, 5.74) is 1.42. The van der Waals surface area contributed by atoms with Crippen LogP contribution in [0.1, 0.15) is 52.0 Å². The van der Waals surface area contributed by atoms with Crippen molar-refractivity contribution in [3.63, 3.8) is 0 Å². The van der Waals surface area contributed by atoms with Crippen molar-refractivity contribution in [2.45, 2.75) is 58.0 Å². The van der Waals surface area contributed by atoms with Gasteiger partial charge >= 0.3 is 0 Å². The van der Waals surface area contributed by atoms with Crippen LogP contribution in [-0.4, -0.2) is 52.0 Å². The van der Waals surface area contributed by atoms with Crippen molar-refractivity contribution in [1.29, 1.82) is 0 Å². The molecule has 0 aromatic heterocycles. The molecule has 2 heterocycles. The first kappa shape index (κ1) is 26.7. The Hall–Kier alpha value is -0.570. The monoisotopic (exact) mass is 563 g/mol. The first-order chi connectivity index (χ1) is 14.3. The van der Waals surface area contributed by atoms with E-state index in [1.54, 1.807) is 0 Å². The molecule has 2 aliphatic rings. The molecule has 1 aromatic carbocycles. The van der Waals surface area contributed by atoms with E-state index in [1.807, 2.05) is 19.2 Å². The highest BCUT2D eigenvalue weighted by atomic mass is 127. The number of halogens is 2. The van der Waals surface area contributed by atoms with Gasteiger partial charge in [0.15, 0.2) is 5.96 Å². The van der Waals surface area contributed by atoms with Crippen molar-refractivity contribution in [3.8, 4) is 0 Å². The molecule has 2 aliphatic heterocycles. The minimum Gasteiger partial charge on any atom is -0.381 e. The normalized spacial score (nSPS) is 24.2. The number of hydrogen-bond donors (Lipinski definition) is 2. The lowest BCUT2D eigenvalue weighted by Gasteiger charge is -2.41. The first-order valence-corrected chi connectivity index (χ1v) is 11.6. The fourth-order valence-electron chi connectivity index (χ4n) is 4.86. The lowest BCUT2D eigenvalue weighted by molar-refractivity contribution is -0.0835. The van der Waals surface area contributed by atoms with E-state index in [9.17, 15) is 0 Å². The number of nitrogens with zero attached hydrogens (tertiary/aromatic N) is 1. The zero-order valence-electron chi connectivity index (χ0n) is 19.4. The van der Waals surface area contributed by atoms with E-state index in [4.69, 9.17) is 21.1 Å². The first-order valence-electron chi connectivity index (χ1n) is 11.2. The Morgan fingerprint density at radius 3 is 2.58 bits per heavy atom. The zero-order chi connectivity index (χ0) is 21.6. The number of benzene rings is 1. The Morgan fingerprint density at radius 2 is 1.94 bits per heavy atom. The van der Waals surface area contributed by atoms with E-state index in [0.717, 1.165) is 63.2 Å². The highest BCUT2D eigenvalue weighted by Gasteiger charge is 2.36. The summed E-state index contributed by atoms with van der Waals surface area (Å²) in [5.74, 6) is 1.34. The predicted octanol–water partition coefficient (Wildman–Crippen LogP) is 5.01. The summed E-state index contributed by atoms with van der Waals surface area (Å²) in [4.78, 5) is 4.48. The molecule has 2 atom stereocenters. The van der Waals surface area contributed by atoms with Crippen LogP contribution in [0.25, 0.3) is 0 Å². The molecule has 2 unspecified atom stereocenters. The molecular formula is C24H39ClIN3O2. The minimum atomic E-state index is 0. The summed E-state index contributed by atoms with van der Waals surface area (Å²) < 4.78 is 11.8. The number of ether oxygens (including phenoxy) is 2. The van der Waals surface area contributed by atoms with Crippen LogP contribution in [0.15, 0.2) is 29.3 Å². The summed E-state index contributed by atoms with van der Waals surface area (Å²) in [5, 5.41) is 7.94. The van der Waals surface area contributed by atoms with E-state index in [-0.39, 0.29) is 40.9 Å². The smallest absolute Gasteiger partial charge is 0.191 e. The molecule has 3 rings (SSSR count). The van der Waals surface area contributed by atoms with Crippen molar-refractivity contribution in [2.75, 3.05) is 40.0 Å². The summed E-state index contributed by atoms with van der Waals surface area (Å²) in [6.45, 7) is 10.9. The Bertz CT molecular complexity index is 717. The topological polar surface area (TPSA) is 54.9 Å². The second kappa shape index (κ2) is 12.1. The molecule has 0 bridgehead atoms. The molecule has 7 heteroatoms. The molecule has 2 N–H and O–H groups in total. The standard InChI is InChI=1S/C24H38ClN3O2.HI/c1-23(2,3)21-18(7-6-12-30-21)16-27-22(26-4)28-17-24(10-13-29-14-11-24)19-8-5-9-20(25)15-19;/h5,8-9,15,18,21H,6-7,10-14,16-17H2,1-4H3,(H2,26,27,28);1H. The highest BCUT2D eigenvalue weighted by Crippen LogP contribution is 2.36. The van der Waals surface area contributed by atoms with E-state index in [1.165, 1.54) is 12.0 Å². The second-order valence-corrected chi connectivity index (χ2v) is 10.2. The van der Waals surface area contributed by atoms with Gasteiger partial charge < -0.3 is 20.1 Å². The van der Waals surface area contributed by atoms with Crippen molar-refractivity contribution >= 4 is 41.5 Å². The maximum Gasteiger partial charge on any atom is 0.191 e. The van der Waals surface area contributed by atoms with Crippen molar-refractivity contribution in [1.82, 2.24) is 10.6 Å². The SMILES string of the molecule is CN=C(NCC1CCCOC1C(C)(C)C)NCC1(c2cccc(Cl)c2)CCOCC1.I. The fourth-order valence-corrected chi connectivity index (χ4v) is 5.05. The van der Waals surface area contributed by atoms with Crippen LogP contribution in [0.5, 0.6) is 0 Å². The lowest BCUT2D eigenvalue weighted by Crippen LogP contribution is -2.50. The van der Waals surface area contributed by atoms with Crippen molar-refractivity contribution in [3.05, 3.63) is 34.9 Å². The molecule has 0 saturated carbocycles. The highest BCUT2D eigenvalue weighted by molar-refractivity contribution is 14.0. The Labute approximate surface area is 210 Å². The second-order valence-electron chi connectivity index (χ2n) is 9.77. The van der Waals surface area contributed by atoms with Gasteiger partial charge in [0, 0.05) is 56.3 Å². The largest absolute Gasteiger partial charge is 0.381 e. The maximum absolute atomic E-state index is 6.30. The van der Waals surface area contributed by atoms with Gasteiger partial charge in [-0.15, -0.1) is 24.0 Å². The summed E-state index contributed by atoms with van der Waals surface area (Å²) in [7, 11) is 1.84. The average Bonchev–Trinajstić information content (AvgIpc) is 2.74. The van der Waals surface area contributed by atoms with Crippen LogP contribution in [0.2, 0.25) is 5.02 Å². The molecular weight excluding hydrogens is 525 g/mol. The van der Waals surface area contributed by atoms with E-state index in [2.05, 4.69) is 48.5 Å². The number of guanidine groups is 1. The predicted molar refractivity (Wildman–Crippen MR) is 140 cm³/mol. The zero-order valence-corrected chi connectivity index (χ0v) is 22.5. The Kier molecular flexibility index (Phi) is 10.4. The molecule has 0 radical (unpaired) electrons. The quantitative estimate of drug-likeness (QED) is 0.300. The third-order valence-electron chi connectivity index (χ3n) is 6.53. The molecule has 31 heavy (non-hydrogen) atoms. The van der Waals surface area contributed by atoms with Crippen LogP contribution < -0.4 is 10.6 Å². The van der Waals surface area contributed by atoms with Crippen LogP contribution in [0, 0.1) is 11.3 Å². The van der Waals surface area contributed by atoms with Crippen LogP contribution >= 0.6 is 35.6 Å². The van der Waals surface area contributed by atoms with E-state index < -0.39 is 0 Å². The molecule has 0 aliphatic carbocycles. The average molecular weight is 564 g/mol. The molecule has 0 spiro atoms. The van der Waals surface area contributed by atoms with Crippen LogP contribution in [0.4, 0.5) is 0 Å². The Balaban J connectivity index is 0.00000341. The third-order valence-corrected chi connectivity index (χ3v) is 6.77. The summed E-state index contributed by atoms with van der Waals surface area (Å²) >= 11 is 6.30. The molecule has 2 saturated heterocycles. The van der Waals surface area contributed by atoms with E-state index >= 15 is 0 Å². The number of aliphatic imine (C=N–C) groups is 1. The Morgan fingerprint density at radius 1 is 1.19 bits per heavy atom. The van der Waals surface area contributed by atoms with Crippen LogP contribution in [-0.2, 0) is 14.9 Å². The van der Waals surface area contributed by atoms with Gasteiger partial charge in [-0.05, 0) is 48.8 Å². The fraction of sp³-hybridized carbons (Fsp3) is 0.708. The van der Waals surface area contributed by atoms with Gasteiger partial charge in [-0.1, -0.05) is 44.5 Å². The van der Waals surface area contributed by atoms with Crippen LogP contribution in [0.3, 0.4) is 0 Å². The van der Waals surface area contributed by atoms with Gasteiger partial charge in [0.1, 0.15) is 0 Å². The van der Waals surface area contributed by atoms with Gasteiger partial charge in [0.05, 0.1) is 6.10 Å². The van der Waals surface area contributed by atoms with Gasteiger partial charge in [0.2, 0.25) is 0 Å². The molecule has 1 aromatic rings. The van der Waals surface area contributed by atoms with Gasteiger partial charge in [-0.25, -0.2) is 0 Å². The maximum atomic E-state index is 6.30. The van der Waals surface area contributed by atoms with Gasteiger partial charge in [-0.3, -0.25) is 4.99 Å². The van der Waals surface area contributed by atoms with Crippen molar-refractivity contribution in [2.24, 2.45) is 16.3 Å². The van der Waals surface area contributed by atoms with E-state index in [0.29, 0.717) is 5.92 Å². The minimum absolute atomic E-state index is 0. The molecule has 2 fully saturated rings. The third kappa shape index (κ3) is 7.21.